The number of nitrogens with one attached hydrogen (secondary N) is 2. The van der Waals surface area contributed by atoms with Crippen molar-refractivity contribution in [3.05, 3.63) is 17.4 Å². The smallest absolute Gasteiger partial charge is 0.410 e. The number of amides is 2. The number of carbonyl (C=O) groups is 2. The summed E-state index contributed by atoms with van der Waals surface area (Å²) in [5.74, 6) is -0.226. The molecule has 1 fully saturated rings. The quantitative estimate of drug-likeness (QED) is 0.709. The number of carbonyl (C=O) groups excluding carboxylic acids is 2. The van der Waals surface area contributed by atoms with E-state index < -0.39 is 5.60 Å². The molecule has 1 aliphatic heterocycles. The number of hydrogen-bond donors (Lipinski definition) is 2. The Labute approximate surface area is 188 Å². The predicted octanol–water partition coefficient (Wildman–Crippen LogP) is 4.65. The number of likely N-dealkylation sites (N-methyl/N-ethyl adjacent to an activating group) is 1. The van der Waals surface area contributed by atoms with Crippen molar-refractivity contribution in [3.8, 4) is 0 Å². The molecule has 0 aromatic carbocycles. The van der Waals surface area contributed by atoms with Crippen LogP contribution in [0.1, 0.15) is 47.5 Å². The molecule has 2 N–H and O–H groups in total. The average molecular weight is 450 g/mol. The number of halogens is 1. The second kappa shape index (κ2) is 8.94. The number of anilines is 2. The van der Waals surface area contributed by atoms with Crippen molar-refractivity contribution in [1.82, 2.24) is 14.9 Å². The SMILES string of the molecule is CC(C)C(=O)Nc1c[nH]c2ncc(Cl)c(N3CCC[C@@H](N(C)C(=O)OC(C)(C)C)C3)c12. The van der Waals surface area contributed by atoms with Crippen LogP contribution in [0.2, 0.25) is 5.02 Å². The van der Waals surface area contributed by atoms with Crippen LogP contribution in [0.5, 0.6) is 0 Å². The minimum atomic E-state index is -0.547. The number of nitrogens with zero attached hydrogens (tertiary/aromatic N) is 3. The van der Waals surface area contributed by atoms with Crippen molar-refractivity contribution in [1.29, 1.82) is 0 Å². The number of ether oxygens (including phenoxy) is 1. The number of H-pyrrole nitrogens is 1. The maximum Gasteiger partial charge on any atom is 0.410 e. The fourth-order valence-electron chi connectivity index (χ4n) is 3.70. The lowest BCUT2D eigenvalue weighted by Crippen LogP contribution is -2.50. The van der Waals surface area contributed by atoms with Crippen molar-refractivity contribution >= 4 is 46.0 Å². The molecule has 2 aromatic rings. The van der Waals surface area contributed by atoms with Crippen molar-refractivity contribution in [2.45, 2.75) is 59.1 Å². The Kier molecular flexibility index (Phi) is 6.69. The third-order valence-corrected chi connectivity index (χ3v) is 5.63. The van der Waals surface area contributed by atoms with E-state index in [9.17, 15) is 9.59 Å². The molecule has 3 heterocycles. The van der Waals surface area contributed by atoms with Crippen LogP contribution in [0.15, 0.2) is 12.4 Å². The lowest BCUT2D eigenvalue weighted by Gasteiger charge is -2.39. The topological polar surface area (TPSA) is 90.6 Å². The third kappa shape index (κ3) is 5.23. The van der Waals surface area contributed by atoms with E-state index in [1.807, 2.05) is 34.6 Å². The van der Waals surface area contributed by atoms with Crippen LogP contribution < -0.4 is 10.2 Å². The Hall–Kier alpha value is -2.48. The van der Waals surface area contributed by atoms with Crippen LogP contribution in [0.25, 0.3) is 11.0 Å². The van der Waals surface area contributed by atoms with Crippen molar-refractivity contribution in [2.24, 2.45) is 5.92 Å². The highest BCUT2D eigenvalue weighted by Gasteiger charge is 2.31. The molecule has 0 bridgehead atoms. The average Bonchev–Trinajstić information content (AvgIpc) is 3.08. The van der Waals surface area contributed by atoms with Crippen LogP contribution in [0, 0.1) is 5.92 Å². The van der Waals surface area contributed by atoms with E-state index in [0.29, 0.717) is 22.9 Å². The van der Waals surface area contributed by atoms with Gasteiger partial charge in [0.1, 0.15) is 11.2 Å². The zero-order chi connectivity index (χ0) is 22.9. The highest BCUT2D eigenvalue weighted by Crippen LogP contribution is 2.39. The van der Waals surface area contributed by atoms with E-state index in [2.05, 4.69) is 20.2 Å². The van der Waals surface area contributed by atoms with Gasteiger partial charge < -0.3 is 24.8 Å². The normalized spacial score (nSPS) is 17.2. The van der Waals surface area contributed by atoms with Gasteiger partial charge in [0, 0.05) is 32.3 Å². The number of fused-ring (bicyclic) bond motifs is 1. The zero-order valence-corrected chi connectivity index (χ0v) is 19.8. The van der Waals surface area contributed by atoms with Gasteiger partial charge in [-0.15, -0.1) is 0 Å². The lowest BCUT2D eigenvalue weighted by molar-refractivity contribution is -0.118. The first kappa shape index (κ1) is 23.2. The maximum atomic E-state index is 12.6. The van der Waals surface area contributed by atoms with Gasteiger partial charge in [-0.05, 0) is 33.6 Å². The molecule has 1 aliphatic rings. The highest BCUT2D eigenvalue weighted by atomic mass is 35.5. The highest BCUT2D eigenvalue weighted by molar-refractivity contribution is 6.35. The van der Waals surface area contributed by atoms with Crippen LogP contribution in [0.3, 0.4) is 0 Å². The minimum absolute atomic E-state index is 0.0180. The lowest BCUT2D eigenvalue weighted by atomic mass is 10.0. The summed E-state index contributed by atoms with van der Waals surface area (Å²) in [6.07, 6.45) is 4.80. The van der Waals surface area contributed by atoms with Gasteiger partial charge in [-0.2, -0.15) is 0 Å². The molecule has 170 valence electrons. The number of aromatic nitrogens is 2. The first-order valence-electron chi connectivity index (χ1n) is 10.6. The summed E-state index contributed by atoms with van der Waals surface area (Å²) in [6.45, 7) is 10.7. The molecule has 0 spiro atoms. The van der Waals surface area contributed by atoms with E-state index in [0.717, 1.165) is 30.5 Å². The Morgan fingerprint density at radius 2 is 2.10 bits per heavy atom. The van der Waals surface area contributed by atoms with E-state index in [-0.39, 0.29) is 24.0 Å². The fourth-order valence-corrected chi connectivity index (χ4v) is 3.96. The first-order chi connectivity index (χ1) is 14.5. The monoisotopic (exact) mass is 449 g/mol. The number of rotatable bonds is 4. The van der Waals surface area contributed by atoms with Crippen molar-refractivity contribution < 1.29 is 14.3 Å². The van der Waals surface area contributed by atoms with Crippen LogP contribution in [-0.4, -0.2) is 58.6 Å². The Bertz CT molecular complexity index is 966. The van der Waals surface area contributed by atoms with Gasteiger partial charge in [-0.1, -0.05) is 25.4 Å². The summed E-state index contributed by atoms with van der Waals surface area (Å²) in [7, 11) is 1.77. The molecule has 3 rings (SSSR count). The summed E-state index contributed by atoms with van der Waals surface area (Å²) >= 11 is 6.61. The minimum Gasteiger partial charge on any atom is -0.444 e. The van der Waals surface area contributed by atoms with Crippen LogP contribution in [0.4, 0.5) is 16.2 Å². The predicted molar refractivity (Wildman–Crippen MR) is 124 cm³/mol. The van der Waals surface area contributed by atoms with E-state index in [1.54, 1.807) is 24.3 Å². The fraction of sp³-hybridized carbons (Fsp3) is 0.591. The molecule has 2 aromatic heterocycles. The zero-order valence-electron chi connectivity index (χ0n) is 19.1. The van der Waals surface area contributed by atoms with E-state index in [4.69, 9.17) is 16.3 Å². The summed E-state index contributed by atoms with van der Waals surface area (Å²) in [4.78, 5) is 36.2. The Balaban J connectivity index is 1.90. The molecule has 2 amide bonds. The first-order valence-corrected chi connectivity index (χ1v) is 11.0. The van der Waals surface area contributed by atoms with E-state index in [1.165, 1.54) is 0 Å². The summed E-state index contributed by atoms with van der Waals surface area (Å²) in [5.41, 5.74) is 1.58. The molecule has 9 heteroatoms. The molecule has 0 radical (unpaired) electrons. The van der Waals surface area contributed by atoms with Gasteiger partial charge in [-0.25, -0.2) is 9.78 Å². The van der Waals surface area contributed by atoms with Gasteiger partial charge in [0.2, 0.25) is 5.91 Å². The molecule has 0 aliphatic carbocycles. The molecule has 1 saturated heterocycles. The second-order valence-corrected chi connectivity index (χ2v) is 9.77. The molecular formula is C22H32ClN5O3. The third-order valence-electron chi connectivity index (χ3n) is 5.35. The second-order valence-electron chi connectivity index (χ2n) is 9.36. The Morgan fingerprint density at radius 3 is 2.74 bits per heavy atom. The Morgan fingerprint density at radius 1 is 1.39 bits per heavy atom. The van der Waals surface area contributed by atoms with E-state index >= 15 is 0 Å². The number of pyridine rings is 1. The molecule has 0 saturated carbocycles. The van der Waals surface area contributed by atoms with Gasteiger partial charge in [0.05, 0.1) is 34.0 Å². The summed E-state index contributed by atoms with van der Waals surface area (Å²) in [6, 6.07) is -0.0180. The standard InChI is InChI=1S/C22H32ClN5O3/c1-13(2)20(29)26-16-11-25-19-17(16)18(15(23)10-24-19)28-9-7-8-14(12-28)27(6)21(30)31-22(3,4)5/h10-11,13-14H,7-9,12H2,1-6H3,(H,24,25)(H,26,29)/t14-/m1/s1. The van der Waals surface area contributed by atoms with Crippen molar-refractivity contribution in [2.75, 3.05) is 30.4 Å². The molecule has 31 heavy (non-hydrogen) atoms. The van der Waals surface area contributed by atoms with Gasteiger partial charge in [0.15, 0.2) is 0 Å². The maximum absolute atomic E-state index is 12.6. The molecule has 8 nitrogen and oxygen atoms in total. The summed E-state index contributed by atoms with van der Waals surface area (Å²) in [5, 5.41) is 4.26. The van der Waals surface area contributed by atoms with Gasteiger partial charge in [-0.3, -0.25) is 4.79 Å². The molecule has 1 atom stereocenters. The van der Waals surface area contributed by atoms with Gasteiger partial charge in [0.25, 0.3) is 0 Å². The van der Waals surface area contributed by atoms with Gasteiger partial charge >= 0.3 is 6.09 Å². The number of piperidine rings is 1. The van der Waals surface area contributed by atoms with Crippen LogP contribution >= 0.6 is 11.6 Å². The largest absolute Gasteiger partial charge is 0.444 e. The van der Waals surface area contributed by atoms with Crippen LogP contribution in [-0.2, 0) is 9.53 Å². The molecule has 0 unspecified atom stereocenters. The summed E-state index contributed by atoms with van der Waals surface area (Å²) < 4.78 is 5.54. The number of hydrogen-bond acceptors (Lipinski definition) is 5. The molecular weight excluding hydrogens is 418 g/mol. The van der Waals surface area contributed by atoms with Crippen molar-refractivity contribution in [3.63, 3.8) is 0 Å². The number of aromatic amines is 1.